The van der Waals surface area contributed by atoms with Crippen molar-refractivity contribution in [3.8, 4) is 0 Å². The van der Waals surface area contributed by atoms with Gasteiger partial charge >= 0.3 is 0 Å². The van der Waals surface area contributed by atoms with Crippen molar-refractivity contribution in [3.63, 3.8) is 0 Å². The maximum absolute atomic E-state index is 12.8. The molecule has 0 radical (unpaired) electrons. The maximum atomic E-state index is 12.8. The molecule has 1 N–H and O–H groups in total. The van der Waals surface area contributed by atoms with Gasteiger partial charge in [0.05, 0.1) is 12.6 Å². The van der Waals surface area contributed by atoms with E-state index in [1.54, 1.807) is 7.11 Å². The normalized spacial score (nSPS) is 28.8. The van der Waals surface area contributed by atoms with Gasteiger partial charge in [-0.1, -0.05) is 0 Å². The van der Waals surface area contributed by atoms with Crippen LogP contribution < -0.4 is 10.2 Å². The molecule has 3 saturated heterocycles. The van der Waals surface area contributed by atoms with Gasteiger partial charge in [0, 0.05) is 51.8 Å². The standard InChI is InChI=1S/C21H31N5O3/c1-14-22-8-6-19(24-14)25-12-15-10-16(13-25)18(11-23-20(27)7-9-29-2)26-17(15)4-3-5-21(26)28/h6,8,15-18H,3-5,7,9-13H2,1-2H3,(H,23,27)/t15-,16+,17+,18+/m1/s1. The first-order valence-electron chi connectivity index (χ1n) is 10.7. The van der Waals surface area contributed by atoms with Crippen molar-refractivity contribution in [1.82, 2.24) is 20.2 Å². The molecule has 4 rings (SSSR count). The van der Waals surface area contributed by atoms with Gasteiger partial charge in [0.2, 0.25) is 11.8 Å². The molecule has 4 atom stereocenters. The van der Waals surface area contributed by atoms with E-state index in [0.29, 0.717) is 37.8 Å². The highest BCUT2D eigenvalue weighted by Crippen LogP contribution is 2.42. The Morgan fingerprint density at radius 3 is 2.97 bits per heavy atom. The molecule has 0 spiro atoms. The summed E-state index contributed by atoms with van der Waals surface area (Å²) in [5.41, 5.74) is 0. The van der Waals surface area contributed by atoms with Crippen molar-refractivity contribution < 1.29 is 14.3 Å². The Hall–Kier alpha value is -2.22. The molecular weight excluding hydrogens is 370 g/mol. The molecule has 29 heavy (non-hydrogen) atoms. The van der Waals surface area contributed by atoms with E-state index in [2.05, 4.69) is 25.1 Å². The van der Waals surface area contributed by atoms with Crippen LogP contribution >= 0.6 is 0 Å². The fourth-order valence-electron chi connectivity index (χ4n) is 5.35. The molecule has 2 amide bonds. The van der Waals surface area contributed by atoms with Crippen LogP contribution in [0.2, 0.25) is 0 Å². The van der Waals surface area contributed by atoms with E-state index >= 15 is 0 Å². The third-order valence-corrected chi connectivity index (χ3v) is 6.62. The van der Waals surface area contributed by atoms with Crippen LogP contribution in [0.5, 0.6) is 0 Å². The average Bonchev–Trinajstić information content (AvgIpc) is 2.72. The number of nitrogens with one attached hydrogen (secondary N) is 1. The number of carbonyl (C=O) groups is 2. The zero-order valence-corrected chi connectivity index (χ0v) is 17.3. The van der Waals surface area contributed by atoms with Crippen LogP contribution in [0.4, 0.5) is 5.82 Å². The second-order valence-electron chi connectivity index (χ2n) is 8.50. The molecular formula is C21H31N5O3. The van der Waals surface area contributed by atoms with Gasteiger partial charge in [-0.15, -0.1) is 0 Å². The molecule has 0 saturated carbocycles. The molecule has 0 aliphatic carbocycles. The van der Waals surface area contributed by atoms with Crippen molar-refractivity contribution in [3.05, 3.63) is 18.1 Å². The molecule has 3 aliphatic rings. The first-order valence-corrected chi connectivity index (χ1v) is 10.7. The molecule has 4 heterocycles. The molecule has 8 heteroatoms. The third kappa shape index (κ3) is 4.22. The largest absolute Gasteiger partial charge is 0.384 e. The van der Waals surface area contributed by atoms with Crippen molar-refractivity contribution in [2.75, 3.05) is 38.3 Å². The molecule has 3 aliphatic heterocycles. The lowest BCUT2D eigenvalue weighted by atomic mass is 9.72. The number of fused-ring (bicyclic) bond motifs is 4. The number of nitrogens with zero attached hydrogens (tertiary/aromatic N) is 4. The number of methoxy groups -OCH3 is 1. The van der Waals surface area contributed by atoms with Gasteiger partial charge in [0.15, 0.2) is 0 Å². The molecule has 3 fully saturated rings. The minimum atomic E-state index is -0.0194. The van der Waals surface area contributed by atoms with Crippen LogP contribution in [0.3, 0.4) is 0 Å². The quantitative estimate of drug-likeness (QED) is 0.769. The van der Waals surface area contributed by atoms with Crippen molar-refractivity contribution in [2.45, 2.75) is 51.1 Å². The predicted octanol–water partition coefficient (Wildman–Crippen LogP) is 1.14. The lowest BCUT2D eigenvalue weighted by Gasteiger charge is -2.56. The zero-order chi connectivity index (χ0) is 20.4. The number of piperidine rings is 3. The maximum Gasteiger partial charge on any atom is 0.223 e. The summed E-state index contributed by atoms with van der Waals surface area (Å²) in [7, 11) is 1.59. The van der Waals surface area contributed by atoms with E-state index in [0.717, 1.165) is 44.0 Å². The monoisotopic (exact) mass is 401 g/mol. The Morgan fingerprint density at radius 2 is 2.17 bits per heavy atom. The fourth-order valence-corrected chi connectivity index (χ4v) is 5.35. The van der Waals surface area contributed by atoms with Gasteiger partial charge in [-0.25, -0.2) is 9.97 Å². The summed E-state index contributed by atoms with van der Waals surface area (Å²) in [6.07, 6.45) is 5.90. The van der Waals surface area contributed by atoms with Crippen LogP contribution in [-0.2, 0) is 14.3 Å². The van der Waals surface area contributed by atoms with Gasteiger partial charge < -0.3 is 19.9 Å². The zero-order valence-electron chi connectivity index (χ0n) is 17.3. The number of amides is 2. The van der Waals surface area contributed by atoms with E-state index in [1.807, 2.05) is 19.2 Å². The first-order chi connectivity index (χ1) is 14.1. The number of rotatable bonds is 6. The summed E-state index contributed by atoms with van der Waals surface area (Å²) in [5, 5.41) is 3.05. The lowest BCUT2D eigenvalue weighted by Crippen LogP contribution is -2.67. The summed E-state index contributed by atoms with van der Waals surface area (Å²) < 4.78 is 5.00. The Balaban J connectivity index is 1.53. The summed E-state index contributed by atoms with van der Waals surface area (Å²) in [6, 6.07) is 2.28. The van der Waals surface area contributed by atoms with Gasteiger partial charge in [-0.3, -0.25) is 9.59 Å². The van der Waals surface area contributed by atoms with E-state index < -0.39 is 0 Å². The second kappa shape index (κ2) is 8.65. The van der Waals surface area contributed by atoms with Crippen molar-refractivity contribution in [2.24, 2.45) is 11.8 Å². The van der Waals surface area contributed by atoms with Crippen LogP contribution in [0, 0.1) is 18.8 Å². The topological polar surface area (TPSA) is 87.7 Å². The average molecular weight is 402 g/mol. The number of aromatic nitrogens is 2. The number of hydrogen-bond acceptors (Lipinski definition) is 6. The van der Waals surface area contributed by atoms with Gasteiger partial charge in [-0.2, -0.15) is 0 Å². The van der Waals surface area contributed by atoms with E-state index in [-0.39, 0.29) is 23.9 Å². The third-order valence-electron chi connectivity index (χ3n) is 6.62. The molecule has 8 nitrogen and oxygen atoms in total. The van der Waals surface area contributed by atoms with Crippen LogP contribution in [-0.4, -0.2) is 72.1 Å². The van der Waals surface area contributed by atoms with E-state index in [4.69, 9.17) is 4.74 Å². The Morgan fingerprint density at radius 1 is 1.34 bits per heavy atom. The molecule has 158 valence electrons. The van der Waals surface area contributed by atoms with Crippen LogP contribution in [0.25, 0.3) is 0 Å². The number of anilines is 1. The van der Waals surface area contributed by atoms with E-state index in [1.165, 1.54) is 0 Å². The first kappa shape index (κ1) is 20.1. The highest BCUT2D eigenvalue weighted by atomic mass is 16.5. The number of ether oxygens (including phenoxy) is 1. The number of hydrogen-bond donors (Lipinski definition) is 1. The summed E-state index contributed by atoms with van der Waals surface area (Å²) in [6.45, 7) is 4.61. The fraction of sp³-hybridized carbons (Fsp3) is 0.714. The predicted molar refractivity (Wildman–Crippen MR) is 108 cm³/mol. The highest BCUT2D eigenvalue weighted by Gasteiger charge is 2.49. The van der Waals surface area contributed by atoms with Crippen LogP contribution in [0.15, 0.2) is 12.3 Å². The molecule has 0 aromatic carbocycles. The Labute approximate surface area is 172 Å². The summed E-state index contributed by atoms with van der Waals surface area (Å²) >= 11 is 0. The molecule has 2 bridgehead atoms. The van der Waals surface area contributed by atoms with E-state index in [9.17, 15) is 9.59 Å². The van der Waals surface area contributed by atoms with Gasteiger partial charge in [0.1, 0.15) is 11.6 Å². The smallest absolute Gasteiger partial charge is 0.223 e. The van der Waals surface area contributed by atoms with Crippen LogP contribution in [0.1, 0.15) is 37.9 Å². The molecule has 1 aromatic heterocycles. The Bertz CT molecular complexity index is 758. The SMILES string of the molecule is COCCC(=O)NC[C@H]1[C@H]2C[C@H](CN(c3ccnc(C)n3)C2)[C@@H]2CCCC(=O)N21. The minimum Gasteiger partial charge on any atom is -0.384 e. The number of aryl methyl sites for hydroxylation is 1. The Kier molecular flexibility index (Phi) is 5.99. The van der Waals surface area contributed by atoms with Crippen molar-refractivity contribution >= 4 is 17.6 Å². The summed E-state index contributed by atoms with van der Waals surface area (Å²) in [4.78, 5) is 38.3. The van der Waals surface area contributed by atoms with Crippen molar-refractivity contribution in [1.29, 1.82) is 0 Å². The van der Waals surface area contributed by atoms with Gasteiger partial charge in [0.25, 0.3) is 0 Å². The molecule has 1 aromatic rings. The molecule has 0 unspecified atom stereocenters. The summed E-state index contributed by atoms with van der Waals surface area (Å²) in [5.74, 6) is 2.74. The lowest BCUT2D eigenvalue weighted by molar-refractivity contribution is -0.149. The second-order valence-corrected chi connectivity index (χ2v) is 8.50. The number of carbonyl (C=O) groups excluding carboxylic acids is 2. The minimum absolute atomic E-state index is 0.0194. The highest BCUT2D eigenvalue weighted by molar-refractivity contribution is 5.79. The van der Waals surface area contributed by atoms with Gasteiger partial charge in [-0.05, 0) is 44.1 Å².